The smallest absolute Gasteiger partial charge is 0.132 e. The molecule has 2 rings (SSSR count). The zero-order valence-corrected chi connectivity index (χ0v) is 8.84. The van der Waals surface area contributed by atoms with Crippen LogP contribution in [0.1, 0.15) is 18.2 Å². The number of hydrogen-bond donors (Lipinski definition) is 1. The molecule has 78 valence electrons. The van der Waals surface area contributed by atoms with E-state index >= 15 is 0 Å². The number of rotatable bonds is 2. The molecule has 3 heteroatoms. The normalized spacial score (nSPS) is 10.6. The highest BCUT2D eigenvalue weighted by Gasteiger charge is 2.12. The van der Waals surface area contributed by atoms with Crippen LogP contribution in [-0.4, -0.2) is 10.2 Å². The molecule has 1 heterocycles. The van der Waals surface area contributed by atoms with Gasteiger partial charge in [0.15, 0.2) is 0 Å². The molecular formula is C12H13FN2. The highest BCUT2D eigenvalue weighted by atomic mass is 19.1. The number of aromatic nitrogens is 2. The van der Waals surface area contributed by atoms with Crippen LogP contribution in [-0.2, 0) is 6.42 Å². The summed E-state index contributed by atoms with van der Waals surface area (Å²) in [6.07, 6.45) is 0.882. The van der Waals surface area contributed by atoms with Gasteiger partial charge in [0.25, 0.3) is 0 Å². The van der Waals surface area contributed by atoms with Gasteiger partial charge in [0.05, 0.1) is 5.69 Å². The van der Waals surface area contributed by atoms with Crippen molar-refractivity contribution in [2.45, 2.75) is 20.3 Å². The number of nitrogens with zero attached hydrogens (tertiary/aromatic N) is 1. The van der Waals surface area contributed by atoms with Crippen LogP contribution in [0.5, 0.6) is 0 Å². The highest BCUT2D eigenvalue weighted by molar-refractivity contribution is 5.64. The Balaban J connectivity index is 2.55. The monoisotopic (exact) mass is 204 g/mol. The maximum absolute atomic E-state index is 13.5. The van der Waals surface area contributed by atoms with Crippen LogP contribution >= 0.6 is 0 Å². The van der Waals surface area contributed by atoms with E-state index < -0.39 is 0 Å². The molecule has 0 aliphatic carbocycles. The second-order valence-corrected chi connectivity index (χ2v) is 3.51. The minimum Gasteiger partial charge on any atom is -0.282 e. The first kappa shape index (κ1) is 9.90. The maximum atomic E-state index is 13.5. The highest BCUT2D eigenvalue weighted by Crippen LogP contribution is 2.25. The van der Waals surface area contributed by atoms with Crippen LogP contribution in [0.25, 0.3) is 11.3 Å². The molecular weight excluding hydrogens is 191 g/mol. The second-order valence-electron chi connectivity index (χ2n) is 3.51. The molecule has 0 aliphatic heterocycles. The first-order chi connectivity index (χ1) is 7.24. The number of benzene rings is 1. The predicted octanol–water partition coefficient (Wildman–Crippen LogP) is 3.09. The zero-order chi connectivity index (χ0) is 10.8. The van der Waals surface area contributed by atoms with Gasteiger partial charge in [-0.2, -0.15) is 5.10 Å². The van der Waals surface area contributed by atoms with E-state index in [0.717, 1.165) is 17.7 Å². The molecule has 0 spiro atoms. The number of aromatic amines is 1. The minimum atomic E-state index is -0.227. The first-order valence-electron chi connectivity index (χ1n) is 5.02. The topological polar surface area (TPSA) is 28.7 Å². The number of H-pyrrole nitrogens is 1. The van der Waals surface area contributed by atoms with Gasteiger partial charge in [0.1, 0.15) is 5.82 Å². The van der Waals surface area contributed by atoms with E-state index in [1.807, 2.05) is 19.9 Å². The van der Waals surface area contributed by atoms with Gasteiger partial charge in [-0.1, -0.05) is 19.1 Å². The largest absolute Gasteiger partial charge is 0.282 e. The summed E-state index contributed by atoms with van der Waals surface area (Å²) < 4.78 is 13.5. The van der Waals surface area contributed by atoms with Gasteiger partial charge in [-0.05, 0) is 31.0 Å². The van der Waals surface area contributed by atoms with E-state index in [-0.39, 0.29) is 5.82 Å². The van der Waals surface area contributed by atoms with E-state index in [1.165, 1.54) is 6.07 Å². The average Bonchev–Trinajstić information content (AvgIpc) is 2.60. The second kappa shape index (κ2) is 3.85. The van der Waals surface area contributed by atoms with Crippen LogP contribution in [0, 0.1) is 12.7 Å². The lowest BCUT2D eigenvalue weighted by Gasteiger charge is -2.00. The lowest BCUT2D eigenvalue weighted by molar-refractivity contribution is 0.630. The van der Waals surface area contributed by atoms with Crippen LogP contribution in [0.15, 0.2) is 24.3 Å². The molecule has 2 nitrogen and oxygen atoms in total. The van der Waals surface area contributed by atoms with Gasteiger partial charge in [-0.15, -0.1) is 0 Å². The SMILES string of the molecule is CCc1[nH]nc(-c2ccccc2F)c1C. The number of aryl methyl sites for hydroxylation is 1. The molecule has 0 aliphatic rings. The Hall–Kier alpha value is -1.64. The summed E-state index contributed by atoms with van der Waals surface area (Å²) in [5, 5.41) is 7.09. The molecule has 1 N–H and O–H groups in total. The average molecular weight is 204 g/mol. The molecule has 0 saturated heterocycles. The van der Waals surface area contributed by atoms with Crippen molar-refractivity contribution >= 4 is 0 Å². The van der Waals surface area contributed by atoms with Crippen molar-refractivity contribution in [2.75, 3.05) is 0 Å². The van der Waals surface area contributed by atoms with E-state index in [4.69, 9.17) is 0 Å². The molecule has 0 atom stereocenters. The third kappa shape index (κ3) is 1.65. The lowest BCUT2D eigenvalue weighted by Crippen LogP contribution is -1.86. The molecule has 0 fully saturated rings. The van der Waals surface area contributed by atoms with Gasteiger partial charge in [0.2, 0.25) is 0 Å². The maximum Gasteiger partial charge on any atom is 0.132 e. The van der Waals surface area contributed by atoms with Gasteiger partial charge < -0.3 is 0 Å². The van der Waals surface area contributed by atoms with Gasteiger partial charge in [-0.25, -0.2) is 4.39 Å². The molecule has 1 aromatic carbocycles. The summed E-state index contributed by atoms with van der Waals surface area (Å²) in [4.78, 5) is 0. The Morgan fingerprint density at radius 3 is 2.67 bits per heavy atom. The van der Waals surface area contributed by atoms with Crippen molar-refractivity contribution in [3.05, 3.63) is 41.3 Å². The summed E-state index contributed by atoms with van der Waals surface area (Å²) in [7, 11) is 0. The molecule has 0 radical (unpaired) electrons. The Bertz CT molecular complexity index is 474. The lowest BCUT2D eigenvalue weighted by atomic mass is 10.1. The van der Waals surface area contributed by atoms with Gasteiger partial charge in [-0.3, -0.25) is 5.10 Å². The first-order valence-corrected chi connectivity index (χ1v) is 5.02. The standard InChI is InChI=1S/C12H13FN2/c1-3-11-8(2)12(15-14-11)9-6-4-5-7-10(9)13/h4-7H,3H2,1-2H3,(H,14,15). The van der Waals surface area contributed by atoms with Crippen LogP contribution in [0.3, 0.4) is 0 Å². The van der Waals surface area contributed by atoms with Crippen molar-refractivity contribution in [1.29, 1.82) is 0 Å². The van der Waals surface area contributed by atoms with Gasteiger partial charge in [0, 0.05) is 11.3 Å². The zero-order valence-electron chi connectivity index (χ0n) is 8.84. The summed E-state index contributed by atoms with van der Waals surface area (Å²) in [5.41, 5.74) is 3.37. The fraction of sp³-hybridized carbons (Fsp3) is 0.250. The predicted molar refractivity (Wildman–Crippen MR) is 58.1 cm³/mol. The number of nitrogens with one attached hydrogen (secondary N) is 1. The number of hydrogen-bond acceptors (Lipinski definition) is 1. The minimum absolute atomic E-state index is 0.227. The van der Waals surface area contributed by atoms with Crippen molar-refractivity contribution in [1.82, 2.24) is 10.2 Å². The van der Waals surface area contributed by atoms with Crippen molar-refractivity contribution in [2.24, 2.45) is 0 Å². The molecule has 0 unspecified atom stereocenters. The van der Waals surface area contributed by atoms with E-state index in [9.17, 15) is 4.39 Å². The van der Waals surface area contributed by atoms with Gasteiger partial charge >= 0.3 is 0 Å². The van der Waals surface area contributed by atoms with Crippen LogP contribution in [0.4, 0.5) is 4.39 Å². The quantitative estimate of drug-likeness (QED) is 0.800. The number of halogens is 1. The van der Waals surface area contributed by atoms with E-state index in [1.54, 1.807) is 12.1 Å². The Labute approximate surface area is 88.1 Å². The van der Waals surface area contributed by atoms with E-state index in [0.29, 0.717) is 11.3 Å². The summed E-state index contributed by atoms with van der Waals surface area (Å²) in [5.74, 6) is -0.227. The van der Waals surface area contributed by atoms with E-state index in [2.05, 4.69) is 10.2 Å². The molecule has 0 bridgehead atoms. The van der Waals surface area contributed by atoms with Crippen LogP contribution in [0.2, 0.25) is 0 Å². The summed E-state index contributed by atoms with van der Waals surface area (Å²) in [6, 6.07) is 6.70. The van der Waals surface area contributed by atoms with Crippen LogP contribution < -0.4 is 0 Å². The van der Waals surface area contributed by atoms with Crippen molar-refractivity contribution < 1.29 is 4.39 Å². The Kier molecular flexibility index (Phi) is 2.54. The fourth-order valence-corrected chi connectivity index (χ4v) is 1.69. The Morgan fingerprint density at radius 1 is 1.33 bits per heavy atom. The Morgan fingerprint density at radius 2 is 2.07 bits per heavy atom. The molecule has 15 heavy (non-hydrogen) atoms. The van der Waals surface area contributed by atoms with Crippen molar-refractivity contribution in [3.63, 3.8) is 0 Å². The van der Waals surface area contributed by atoms with Crippen molar-refractivity contribution in [3.8, 4) is 11.3 Å². The molecule has 0 saturated carbocycles. The molecule has 2 aromatic rings. The molecule has 0 amide bonds. The third-order valence-electron chi connectivity index (χ3n) is 2.59. The summed E-state index contributed by atoms with van der Waals surface area (Å²) >= 11 is 0. The molecule has 1 aromatic heterocycles. The summed E-state index contributed by atoms with van der Waals surface area (Å²) in [6.45, 7) is 4.01. The third-order valence-corrected chi connectivity index (χ3v) is 2.59. The fourth-order valence-electron chi connectivity index (χ4n) is 1.69.